The Bertz CT molecular complexity index is 652. The predicted molar refractivity (Wildman–Crippen MR) is 91.9 cm³/mol. The minimum Gasteiger partial charge on any atom is -0.481 e. The highest BCUT2D eigenvalue weighted by Gasteiger charge is 2.31. The maximum atomic E-state index is 13.9. The summed E-state index contributed by atoms with van der Waals surface area (Å²) in [5.74, 6) is 0.0392. The number of carbonyl (C=O) groups is 1. The summed E-state index contributed by atoms with van der Waals surface area (Å²) in [4.78, 5) is 14.4. The molecule has 2 heterocycles. The van der Waals surface area contributed by atoms with Gasteiger partial charge in [0.25, 0.3) is 0 Å². The van der Waals surface area contributed by atoms with Crippen molar-refractivity contribution in [3.05, 3.63) is 29.6 Å². The molecule has 27 heavy (non-hydrogen) atoms. The molecule has 150 valence electrons. The van der Waals surface area contributed by atoms with E-state index in [-0.39, 0.29) is 12.3 Å². The second kappa shape index (κ2) is 8.46. The van der Waals surface area contributed by atoms with Gasteiger partial charge in [-0.15, -0.1) is 0 Å². The number of hydrogen-bond acceptors (Lipinski definition) is 3. The van der Waals surface area contributed by atoms with Crippen LogP contribution >= 0.6 is 0 Å². The van der Waals surface area contributed by atoms with Crippen molar-refractivity contribution in [3.63, 3.8) is 0 Å². The molecule has 0 aromatic heterocycles. The van der Waals surface area contributed by atoms with E-state index in [9.17, 15) is 22.4 Å². The number of amides is 1. The Balaban J connectivity index is 1.49. The van der Waals surface area contributed by atoms with E-state index in [1.54, 1.807) is 0 Å². The Morgan fingerprint density at radius 2 is 1.85 bits per heavy atom. The van der Waals surface area contributed by atoms with Gasteiger partial charge in [0.05, 0.1) is 0 Å². The van der Waals surface area contributed by atoms with Crippen LogP contribution in [0.2, 0.25) is 0 Å². The third kappa shape index (κ3) is 5.57. The minimum atomic E-state index is -4.51. The molecular formula is C19H24F4N2O2. The number of halogens is 4. The Morgan fingerprint density at radius 3 is 2.44 bits per heavy atom. The van der Waals surface area contributed by atoms with Gasteiger partial charge in [0.2, 0.25) is 5.91 Å². The maximum Gasteiger partial charge on any atom is 0.422 e. The Kier molecular flexibility index (Phi) is 6.24. The molecule has 8 heteroatoms. The lowest BCUT2D eigenvalue weighted by molar-refractivity contribution is -0.153. The average molecular weight is 388 g/mol. The SMILES string of the molecule is O=C(CCc1ccc(OCC(F)(F)F)c(F)c1)N1CC[C@@H]2CNC[C@@H]2CC1. The van der Waals surface area contributed by atoms with Crippen LogP contribution in [0.3, 0.4) is 0 Å². The van der Waals surface area contributed by atoms with Gasteiger partial charge in [-0.3, -0.25) is 4.79 Å². The molecule has 3 rings (SSSR count). The number of carbonyl (C=O) groups excluding carboxylic acids is 1. The zero-order valence-electron chi connectivity index (χ0n) is 15.0. The molecule has 0 spiro atoms. The van der Waals surface area contributed by atoms with Crippen LogP contribution < -0.4 is 10.1 Å². The van der Waals surface area contributed by atoms with Crippen molar-refractivity contribution in [2.45, 2.75) is 31.9 Å². The molecule has 2 aliphatic heterocycles. The summed E-state index contributed by atoms with van der Waals surface area (Å²) < 4.78 is 54.8. The molecule has 0 unspecified atom stereocenters. The van der Waals surface area contributed by atoms with Crippen LogP contribution in [0.5, 0.6) is 5.75 Å². The van der Waals surface area contributed by atoms with Gasteiger partial charge >= 0.3 is 6.18 Å². The second-order valence-corrected chi connectivity index (χ2v) is 7.31. The van der Waals surface area contributed by atoms with Gasteiger partial charge < -0.3 is 15.0 Å². The third-order valence-corrected chi connectivity index (χ3v) is 5.39. The van der Waals surface area contributed by atoms with Crippen molar-refractivity contribution in [2.75, 3.05) is 32.8 Å². The lowest BCUT2D eigenvalue weighted by Gasteiger charge is -2.21. The van der Waals surface area contributed by atoms with E-state index in [1.165, 1.54) is 12.1 Å². The lowest BCUT2D eigenvalue weighted by atomic mass is 9.92. The van der Waals surface area contributed by atoms with E-state index in [0.717, 1.165) is 45.1 Å². The predicted octanol–water partition coefficient (Wildman–Crippen LogP) is 3.16. The van der Waals surface area contributed by atoms with Gasteiger partial charge in [-0.2, -0.15) is 13.2 Å². The van der Waals surface area contributed by atoms with Crippen LogP contribution in [0.1, 0.15) is 24.8 Å². The monoisotopic (exact) mass is 388 g/mol. The number of fused-ring (bicyclic) bond motifs is 1. The highest BCUT2D eigenvalue weighted by atomic mass is 19.4. The van der Waals surface area contributed by atoms with Crippen LogP contribution in [-0.4, -0.2) is 49.8 Å². The van der Waals surface area contributed by atoms with Gasteiger partial charge in [-0.25, -0.2) is 4.39 Å². The molecule has 1 aromatic rings. The fourth-order valence-corrected chi connectivity index (χ4v) is 3.85. The molecule has 2 atom stereocenters. The zero-order valence-corrected chi connectivity index (χ0v) is 15.0. The largest absolute Gasteiger partial charge is 0.481 e. The second-order valence-electron chi connectivity index (χ2n) is 7.31. The first kappa shape index (κ1) is 19.9. The Morgan fingerprint density at radius 1 is 1.19 bits per heavy atom. The fraction of sp³-hybridized carbons (Fsp3) is 0.632. The molecule has 0 bridgehead atoms. The van der Waals surface area contributed by atoms with Gasteiger partial charge in [0.1, 0.15) is 0 Å². The van der Waals surface area contributed by atoms with Crippen LogP contribution in [0.15, 0.2) is 18.2 Å². The summed E-state index contributed by atoms with van der Waals surface area (Å²) in [5, 5.41) is 3.40. The number of ether oxygens (including phenoxy) is 1. The number of nitrogens with one attached hydrogen (secondary N) is 1. The molecule has 1 amide bonds. The van der Waals surface area contributed by atoms with Crippen LogP contribution in [-0.2, 0) is 11.2 Å². The summed E-state index contributed by atoms with van der Waals surface area (Å²) in [6.07, 6.45) is -1.90. The number of alkyl halides is 3. The molecular weight excluding hydrogens is 364 g/mol. The molecule has 2 fully saturated rings. The first-order valence-corrected chi connectivity index (χ1v) is 9.28. The average Bonchev–Trinajstić information content (AvgIpc) is 2.96. The summed E-state index contributed by atoms with van der Waals surface area (Å²) in [7, 11) is 0. The third-order valence-electron chi connectivity index (χ3n) is 5.39. The number of hydrogen-bond donors (Lipinski definition) is 1. The molecule has 4 nitrogen and oxygen atoms in total. The van der Waals surface area contributed by atoms with Crippen molar-refractivity contribution in [3.8, 4) is 5.75 Å². The zero-order chi connectivity index (χ0) is 19.4. The van der Waals surface area contributed by atoms with E-state index < -0.39 is 24.3 Å². The summed E-state index contributed by atoms with van der Waals surface area (Å²) >= 11 is 0. The van der Waals surface area contributed by atoms with E-state index in [2.05, 4.69) is 10.1 Å². The van der Waals surface area contributed by atoms with Crippen LogP contribution in [0, 0.1) is 17.7 Å². The summed E-state index contributed by atoms with van der Waals surface area (Å²) in [6.45, 7) is 2.01. The first-order valence-electron chi connectivity index (χ1n) is 9.28. The van der Waals surface area contributed by atoms with Gasteiger partial charge in [0.15, 0.2) is 18.2 Å². The number of nitrogens with zero attached hydrogens (tertiary/aromatic N) is 1. The number of aryl methyl sites for hydroxylation is 1. The molecule has 0 radical (unpaired) electrons. The maximum absolute atomic E-state index is 13.9. The topological polar surface area (TPSA) is 41.6 Å². The van der Waals surface area contributed by atoms with Crippen LogP contribution in [0.4, 0.5) is 17.6 Å². The fourth-order valence-electron chi connectivity index (χ4n) is 3.85. The smallest absolute Gasteiger partial charge is 0.422 e. The van der Waals surface area contributed by atoms with E-state index >= 15 is 0 Å². The van der Waals surface area contributed by atoms with Crippen molar-refractivity contribution < 1.29 is 27.1 Å². The van der Waals surface area contributed by atoms with Crippen LogP contribution in [0.25, 0.3) is 0 Å². The van der Waals surface area contributed by atoms with Gasteiger partial charge in [-0.05, 0) is 61.9 Å². The Hall–Kier alpha value is -1.83. The minimum absolute atomic E-state index is 0.0424. The van der Waals surface area contributed by atoms with Crippen molar-refractivity contribution in [1.82, 2.24) is 10.2 Å². The summed E-state index contributed by atoms with van der Waals surface area (Å²) in [6, 6.07) is 3.82. The number of rotatable bonds is 5. The van der Waals surface area contributed by atoms with E-state index in [1.807, 2.05) is 4.90 Å². The molecule has 1 N–H and O–H groups in total. The van der Waals surface area contributed by atoms with Crippen molar-refractivity contribution >= 4 is 5.91 Å². The molecule has 0 aliphatic carbocycles. The van der Waals surface area contributed by atoms with E-state index in [0.29, 0.717) is 23.8 Å². The first-order chi connectivity index (χ1) is 12.8. The highest BCUT2D eigenvalue weighted by Crippen LogP contribution is 2.27. The molecule has 2 saturated heterocycles. The molecule has 2 aliphatic rings. The van der Waals surface area contributed by atoms with Gasteiger partial charge in [-0.1, -0.05) is 6.07 Å². The molecule has 0 saturated carbocycles. The van der Waals surface area contributed by atoms with Gasteiger partial charge in [0, 0.05) is 19.5 Å². The number of likely N-dealkylation sites (tertiary alicyclic amines) is 1. The molecule has 1 aromatic carbocycles. The van der Waals surface area contributed by atoms with E-state index in [4.69, 9.17) is 0 Å². The summed E-state index contributed by atoms with van der Waals surface area (Å²) in [5.41, 5.74) is 0.566. The standard InChI is InChI=1S/C19H24F4N2O2/c20-16-9-13(1-3-17(16)27-12-19(21,22)23)2-4-18(26)25-7-5-14-10-24-11-15(14)6-8-25/h1,3,9,14-15,24H,2,4-8,10-12H2/t14-,15+. The quantitative estimate of drug-likeness (QED) is 0.788. The lowest BCUT2D eigenvalue weighted by Crippen LogP contribution is -2.32. The highest BCUT2D eigenvalue weighted by molar-refractivity contribution is 5.76. The normalized spacial score (nSPS) is 23.0. The Labute approximate surface area is 155 Å². The van der Waals surface area contributed by atoms with Crippen molar-refractivity contribution in [1.29, 1.82) is 0 Å². The number of benzene rings is 1. The van der Waals surface area contributed by atoms with Crippen molar-refractivity contribution in [2.24, 2.45) is 11.8 Å².